The van der Waals surface area contributed by atoms with Crippen molar-refractivity contribution in [3.8, 4) is 0 Å². The second-order valence-corrected chi connectivity index (χ2v) is 9.13. The SMILES string of the molecule is Cc1cnc(CN2C[C@]3(CCCN(Cc4csc(C)n4)C3)CCC2=O)cn1. The maximum atomic E-state index is 12.5. The zero-order valence-corrected chi connectivity index (χ0v) is 17.0. The quantitative estimate of drug-likeness (QED) is 0.810. The molecule has 0 unspecified atom stereocenters. The lowest BCUT2D eigenvalue weighted by molar-refractivity contribution is -0.140. The first-order valence-corrected chi connectivity index (χ1v) is 10.6. The number of hydrogen-bond donors (Lipinski definition) is 0. The number of hydrogen-bond acceptors (Lipinski definition) is 6. The van der Waals surface area contributed by atoms with Gasteiger partial charge in [-0.05, 0) is 39.7 Å². The molecule has 0 saturated carbocycles. The van der Waals surface area contributed by atoms with Crippen LogP contribution >= 0.6 is 11.3 Å². The summed E-state index contributed by atoms with van der Waals surface area (Å²) in [5, 5.41) is 3.30. The number of aromatic nitrogens is 3. The summed E-state index contributed by atoms with van der Waals surface area (Å²) in [4.78, 5) is 30.4. The molecule has 2 aromatic heterocycles. The molecule has 0 radical (unpaired) electrons. The summed E-state index contributed by atoms with van der Waals surface area (Å²) >= 11 is 1.72. The zero-order valence-electron chi connectivity index (χ0n) is 16.1. The summed E-state index contributed by atoms with van der Waals surface area (Å²) in [6.07, 6.45) is 7.59. The first kappa shape index (κ1) is 18.5. The molecule has 2 fully saturated rings. The Morgan fingerprint density at radius 3 is 2.74 bits per heavy atom. The molecule has 27 heavy (non-hydrogen) atoms. The summed E-state index contributed by atoms with van der Waals surface area (Å²) in [5.74, 6) is 0.246. The maximum absolute atomic E-state index is 12.5. The molecule has 2 aromatic rings. The fraction of sp³-hybridized carbons (Fsp3) is 0.600. The van der Waals surface area contributed by atoms with E-state index in [1.54, 1.807) is 23.7 Å². The van der Waals surface area contributed by atoms with Crippen molar-refractivity contribution in [2.24, 2.45) is 5.41 Å². The Labute approximate surface area is 164 Å². The van der Waals surface area contributed by atoms with Crippen LogP contribution in [0.2, 0.25) is 0 Å². The largest absolute Gasteiger partial charge is 0.336 e. The molecule has 2 aliphatic heterocycles. The van der Waals surface area contributed by atoms with E-state index in [2.05, 4.69) is 32.2 Å². The zero-order chi connectivity index (χ0) is 18.9. The third-order valence-electron chi connectivity index (χ3n) is 5.73. The first-order chi connectivity index (χ1) is 13.0. The van der Waals surface area contributed by atoms with Crippen LogP contribution in [0.4, 0.5) is 0 Å². The minimum atomic E-state index is 0.204. The standard InChI is InChI=1S/C20H27N5OS/c1-15-8-22-17(9-21-15)11-25-14-20(6-4-19(25)26)5-3-7-24(13-20)10-18-12-27-16(2)23-18/h8-9,12H,3-7,10-11,13-14H2,1-2H3/t20-/m1/s1. The van der Waals surface area contributed by atoms with Crippen molar-refractivity contribution in [2.75, 3.05) is 19.6 Å². The van der Waals surface area contributed by atoms with Crippen LogP contribution in [0.15, 0.2) is 17.8 Å². The molecule has 1 atom stereocenters. The van der Waals surface area contributed by atoms with Crippen LogP contribution in [0.25, 0.3) is 0 Å². The van der Waals surface area contributed by atoms with Crippen molar-refractivity contribution in [1.29, 1.82) is 0 Å². The lowest BCUT2D eigenvalue weighted by Gasteiger charge is -2.48. The average Bonchev–Trinajstić information content (AvgIpc) is 3.05. The van der Waals surface area contributed by atoms with Crippen molar-refractivity contribution < 1.29 is 4.79 Å². The van der Waals surface area contributed by atoms with Gasteiger partial charge < -0.3 is 4.90 Å². The molecule has 7 heteroatoms. The molecule has 6 nitrogen and oxygen atoms in total. The molecule has 0 aromatic carbocycles. The summed E-state index contributed by atoms with van der Waals surface area (Å²) in [5.41, 5.74) is 3.15. The fourth-order valence-electron chi connectivity index (χ4n) is 4.43. The van der Waals surface area contributed by atoms with Gasteiger partial charge in [0, 0.05) is 43.0 Å². The van der Waals surface area contributed by atoms with Crippen molar-refractivity contribution >= 4 is 17.2 Å². The Hall–Kier alpha value is -1.86. The second-order valence-electron chi connectivity index (χ2n) is 8.07. The predicted octanol–water partition coefficient (Wildman–Crippen LogP) is 2.95. The molecule has 1 amide bonds. The second kappa shape index (κ2) is 7.64. The Kier molecular flexibility index (Phi) is 5.23. The van der Waals surface area contributed by atoms with Gasteiger partial charge in [-0.2, -0.15) is 0 Å². The van der Waals surface area contributed by atoms with E-state index in [1.165, 1.54) is 18.5 Å². The summed E-state index contributed by atoms with van der Waals surface area (Å²) in [6, 6.07) is 0. The fourth-order valence-corrected chi connectivity index (χ4v) is 5.03. The van der Waals surface area contributed by atoms with Crippen molar-refractivity contribution in [3.05, 3.63) is 39.9 Å². The van der Waals surface area contributed by atoms with Crippen LogP contribution in [0, 0.1) is 19.3 Å². The third-order valence-corrected chi connectivity index (χ3v) is 6.55. The molecule has 0 aliphatic carbocycles. The van der Waals surface area contributed by atoms with Gasteiger partial charge in [0.05, 0.1) is 34.8 Å². The smallest absolute Gasteiger partial charge is 0.222 e. The van der Waals surface area contributed by atoms with Crippen LogP contribution in [0.3, 0.4) is 0 Å². The molecule has 0 N–H and O–H groups in total. The van der Waals surface area contributed by atoms with Gasteiger partial charge in [-0.25, -0.2) is 4.98 Å². The predicted molar refractivity (Wildman–Crippen MR) is 105 cm³/mol. The first-order valence-electron chi connectivity index (χ1n) is 9.70. The molecule has 144 valence electrons. The number of piperidine rings is 2. The number of aryl methyl sites for hydroxylation is 2. The van der Waals surface area contributed by atoms with Gasteiger partial charge in [-0.1, -0.05) is 0 Å². The highest BCUT2D eigenvalue weighted by molar-refractivity contribution is 7.09. The molecule has 4 heterocycles. The van der Waals surface area contributed by atoms with E-state index in [-0.39, 0.29) is 11.3 Å². The van der Waals surface area contributed by atoms with Gasteiger partial charge in [-0.3, -0.25) is 19.7 Å². The summed E-state index contributed by atoms with van der Waals surface area (Å²) < 4.78 is 0. The maximum Gasteiger partial charge on any atom is 0.222 e. The number of nitrogens with zero attached hydrogens (tertiary/aromatic N) is 5. The van der Waals surface area contributed by atoms with Crippen LogP contribution in [-0.2, 0) is 17.9 Å². The Morgan fingerprint density at radius 1 is 1.11 bits per heavy atom. The normalized spacial score (nSPS) is 23.9. The van der Waals surface area contributed by atoms with E-state index in [0.29, 0.717) is 13.0 Å². The van der Waals surface area contributed by atoms with Gasteiger partial charge >= 0.3 is 0 Å². The highest BCUT2D eigenvalue weighted by Crippen LogP contribution is 2.39. The van der Waals surface area contributed by atoms with Crippen LogP contribution in [0.5, 0.6) is 0 Å². The average molecular weight is 386 g/mol. The topological polar surface area (TPSA) is 62.2 Å². The lowest BCUT2D eigenvalue weighted by Crippen LogP contribution is -2.53. The minimum Gasteiger partial charge on any atom is -0.336 e. The van der Waals surface area contributed by atoms with E-state index in [9.17, 15) is 4.79 Å². The molecule has 1 spiro atoms. The Morgan fingerprint density at radius 2 is 2.00 bits per heavy atom. The van der Waals surface area contributed by atoms with Gasteiger partial charge in [0.25, 0.3) is 0 Å². The Bertz CT molecular complexity index is 805. The molecule has 4 rings (SSSR count). The summed E-state index contributed by atoms with van der Waals surface area (Å²) in [7, 11) is 0. The third kappa shape index (κ3) is 4.35. The number of rotatable bonds is 4. The molecular weight excluding hydrogens is 358 g/mol. The minimum absolute atomic E-state index is 0.204. The van der Waals surface area contributed by atoms with E-state index >= 15 is 0 Å². The Balaban J connectivity index is 1.43. The number of amides is 1. The number of thiazole rings is 1. The van der Waals surface area contributed by atoms with Crippen LogP contribution in [-0.4, -0.2) is 50.3 Å². The lowest BCUT2D eigenvalue weighted by atomic mass is 9.73. The molecule has 0 bridgehead atoms. The van der Waals surface area contributed by atoms with E-state index in [0.717, 1.165) is 49.0 Å². The molecular formula is C20H27N5OS. The number of carbonyl (C=O) groups excluding carboxylic acids is 1. The monoisotopic (exact) mass is 385 g/mol. The highest BCUT2D eigenvalue weighted by atomic mass is 32.1. The van der Waals surface area contributed by atoms with Crippen LogP contribution in [0.1, 0.15) is 47.8 Å². The van der Waals surface area contributed by atoms with Crippen molar-refractivity contribution in [1.82, 2.24) is 24.8 Å². The van der Waals surface area contributed by atoms with Crippen molar-refractivity contribution in [2.45, 2.75) is 52.6 Å². The van der Waals surface area contributed by atoms with Gasteiger partial charge in [0.2, 0.25) is 5.91 Å². The van der Waals surface area contributed by atoms with E-state index in [4.69, 9.17) is 0 Å². The van der Waals surface area contributed by atoms with Gasteiger partial charge in [0.1, 0.15) is 0 Å². The molecule has 2 saturated heterocycles. The van der Waals surface area contributed by atoms with E-state index < -0.39 is 0 Å². The van der Waals surface area contributed by atoms with Crippen LogP contribution < -0.4 is 0 Å². The van der Waals surface area contributed by atoms with Gasteiger partial charge in [0.15, 0.2) is 0 Å². The number of carbonyl (C=O) groups is 1. The molecule has 2 aliphatic rings. The van der Waals surface area contributed by atoms with E-state index in [1.807, 2.05) is 11.8 Å². The van der Waals surface area contributed by atoms with Gasteiger partial charge in [-0.15, -0.1) is 11.3 Å². The number of likely N-dealkylation sites (tertiary alicyclic amines) is 2. The highest BCUT2D eigenvalue weighted by Gasteiger charge is 2.41. The summed E-state index contributed by atoms with van der Waals surface area (Å²) in [6.45, 7) is 8.47. The van der Waals surface area contributed by atoms with Crippen molar-refractivity contribution in [3.63, 3.8) is 0 Å².